The molecular formula is C16H31N3. The van der Waals surface area contributed by atoms with Crippen molar-refractivity contribution in [2.75, 3.05) is 13.6 Å². The van der Waals surface area contributed by atoms with Crippen molar-refractivity contribution in [3.05, 3.63) is 0 Å². The molecule has 1 fully saturated rings. The standard InChI is InChI=1S/C16H31N3/c1-13(2)14(3)19(5)11-7-6-10-16(4,12-17)18-15-8-9-15/h13-15,18H,6-11H2,1-5H3. The van der Waals surface area contributed by atoms with Crippen LogP contribution in [0.2, 0.25) is 0 Å². The van der Waals surface area contributed by atoms with Gasteiger partial charge in [0.2, 0.25) is 0 Å². The monoisotopic (exact) mass is 265 g/mol. The first-order valence-electron chi connectivity index (χ1n) is 7.77. The smallest absolute Gasteiger partial charge is 0.104 e. The summed E-state index contributed by atoms with van der Waals surface area (Å²) in [4.78, 5) is 2.43. The number of nitrogens with one attached hydrogen (secondary N) is 1. The van der Waals surface area contributed by atoms with Crippen molar-refractivity contribution in [3.63, 3.8) is 0 Å². The van der Waals surface area contributed by atoms with Gasteiger partial charge in [0.05, 0.1) is 6.07 Å². The van der Waals surface area contributed by atoms with Gasteiger partial charge >= 0.3 is 0 Å². The molecule has 0 bridgehead atoms. The summed E-state index contributed by atoms with van der Waals surface area (Å²) in [6.45, 7) is 10.0. The molecule has 1 saturated carbocycles. The zero-order valence-electron chi connectivity index (χ0n) is 13.4. The Bertz CT molecular complexity index is 304. The highest BCUT2D eigenvalue weighted by molar-refractivity contribution is 5.06. The average molecular weight is 265 g/mol. The molecule has 0 aromatic rings. The van der Waals surface area contributed by atoms with Gasteiger partial charge in [0.1, 0.15) is 5.54 Å². The predicted molar refractivity (Wildman–Crippen MR) is 81.0 cm³/mol. The lowest BCUT2D eigenvalue weighted by Crippen LogP contribution is -2.42. The molecule has 1 aliphatic rings. The van der Waals surface area contributed by atoms with Gasteiger partial charge in [0.25, 0.3) is 0 Å². The van der Waals surface area contributed by atoms with E-state index in [1.54, 1.807) is 0 Å². The number of unbranched alkanes of at least 4 members (excludes halogenated alkanes) is 1. The van der Waals surface area contributed by atoms with E-state index in [0.717, 1.165) is 19.4 Å². The molecule has 1 aliphatic carbocycles. The Morgan fingerprint density at radius 3 is 2.42 bits per heavy atom. The fourth-order valence-corrected chi connectivity index (χ4v) is 2.39. The minimum Gasteiger partial charge on any atom is -0.303 e. The highest BCUT2D eigenvalue weighted by Gasteiger charge is 2.31. The molecule has 0 saturated heterocycles. The first kappa shape index (κ1) is 16.5. The van der Waals surface area contributed by atoms with Gasteiger partial charge in [-0.3, -0.25) is 5.32 Å². The quantitative estimate of drug-likeness (QED) is 0.651. The fraction of sp³-hybridized carbons (Fsp3) is 0.938. The largest absolute Gasteiger partial charge is 0.303 e. The second kappa shape index (κ2) is 7.26. The summed E-state index contributed by atoms with van der Waals surface area (Å²) in [5.41, 5.74) is -0.316. The lowest BCUT2D eigenvalue weighted by atomic mass is 9.96. The van der Waals surface area contributed by atoms with Crippen LogP contribution in [0.4, 0.5) is 0 Å². The molecular weight excluding hydrogens is 234 g/mol. The van der Waals surface area contributed by atoms with Crippen molar-refractivity contribution >= 4 is 0 Å². The summed E-state index contributed by atoms with van der Waals surface area (Å²) in [7, 11) is 2.20. The van der Waals surface area contributed by atoms with Gasteiger partial charge in [-0.15, -0.1) is 0 Å². The molecule has 0 aromatic carbocycles. The molecule has 1 rings (SSSR count). The second-order valence-electron chi connectivity index (χ2n) is 6.78. The van der Waals surface area contributed by atoms with E-state index in [2.05, 4.69) is 44.1 Å². The van der Waals surface area contributed by atoms with Crippen LogP contribution in [-0.2, 0) is 0 Å². The maximum Gasteiger partial charge on any atom is 0.104 e. The van der Waals surface area contributed by atoms with Crippen LogP contribution in [0.5, 0.6) is 0 Å². The van der Waals surface area contributed by atoms with Crippen molar-refractivity contribution < 1.29 is 0 Å². The van der Waals surface area contributed by atoms with E-state index in [1.165, 1.54) is 19.3 Å². The summed E-state index contributed by atoms with van der Waals surface area (Å²) in [6.07, 6.45) is 5.75. The molecule has 3 heteroatoms. The number of nitrogens with zero attached hydrogens (tertiary/aromatic N) is 2. The Kier molecular flexibility index (Phi) is 6.29. The van der Waals surface area contributed by atoms with Crippen LogP contribution >= 0.6 is 0 Å². The lowest BCUT2D eigenvalue weighted by Gasteiger charge is -2.28. The molecule has 0 heterocycles. The van der Waals surface area contributed by atoms with E-state index >= 15 is 0 Å². The molecule has 110 valence electrons. The first-order chi connectivity index (χ1) is 8.88. The summed E-state index contributed by atoms with van der Waals surface area (Å²) >= 11 is 0. The highest BCUT2D eigenvalue weighted by Crippen LogP contribution is 2.24. The topological polar surface area (TPSA) is 39.1 Å². The Hall–Kier alpha value is -0.590. The van der Waals surface area contributed by atoms with Crippen molar-refractivity contribution in [1.82, 2.24) is 10.2 Å². The van der Waals surface area contributed by atoms with Crippen molar-refractivity contribution in [1.29, 1.82) is 5.26 Å². The van der Waals surface area contributed by atoms with E-state index in [4.69, 9.17) is 0 Å². The fourth-order valence-electron chi connectivity index (χ4n) is 2.39. The zero-order chi connectivity index (χ0) is 14.5. The van der Waals surface area contributed by atoms with Crippen LogP contribution in [0.25, 0.3) is 0 Å². The van der Waals surface area contributed by atoms with Gasteiger partial charge in [0, 0.05) is 12.1 Å². The molecule has 0 spiro atoms. The van der Waals surface area contributed by atoms with E-state index in [-0.39, 0.29) is 5.54 Å². The summed E-state index contributed by atoms with van der Waals surface area (Å²) in [5, 5.41) is 12.8. The third-order valence-electron chi connectivity index (χ3n) is 4.44. The van der Waals surface area contributed by atoms with E-state index in [0.29, 0.717) is 18.0 Å². The van der Waals surface area contributed by atoms with Crippen molar-refractivity contribution in [2.24, 2.45) is 5.92 Å². The minimum absolute atomic E-state index is 0.316. The summed E-state index contributed by atoms with van der Waals surface area (Å²) in [5.74, 6) is 0.700. The molecule has 0 radical (unpaired) electrons. The van der Waals surface area contributed by atoms with Crippen LogP contribution in [0, 0.1) is 17.2 Å². The third-order valence-corrected chi connectivity index (χ3v) is 4.44. The molecule has 3 nitrogen and oxygen atoms in total. The maximum atomic E-state index is 9.31. The Morgan fingerprint density at radius 1 is 1.32 bits per heavy atom. The van der Waals surface area contributed by atoms with Gasteiger partial charge < -0.3 is 4.90 Å². The average Bonchev–Trinajstić information content (AvgIpc) is 3.17. The molecule has 2 atom stereocenters. The lowest BCUT2D eigenvalue weighted by molar-refractivity contribution is 0.202. The molecule has 2 unspecified atom stereocenters. The SMILES string of the molecule is CC(C)C(C)N(C)CCCCC(C)(C#N)NC1CC1. The maximum absolute atomic E-state index is 9.31. The van der Waals surface area contributed by atoms with Crippen LogP contribution in [0.15, 0.2) is 0 Å². The Morgan fingerprint density at radius 2 is 1.95 bits per heavy atom. The van der Waals surface area contributed by atoms with Gasteiger partial charge in [0.15, 0.2) is 0 Å². The molecule has 0 aliphatic heterocycles. The van der Waals surface area contributed by atoms with E-state index in [9.17, 15) is 5.26 Å². The van der Waals surface area contributed by atoms with Gasteiger partial charge in [-0.2, -0.15) is 5.26 Å². The normalized spacial score (nSPS) is 20.3. The number of nitriles is 1. The van der Waals surface area contributed by atoms with Crippen LogP contribution in [0.3, 0.4) is 0 Å². The van der Waals surface area contributed by atoms with Crippen molar-refractivity contribution in [2.45, 2.75) is 77.4 Å². The van der Waals surface area contributed by atoms with Crippen LogP contribution in [0.1, 0.15) is 59.8 Å². The predicted octanol–water partition coefficient (Wildman–Crippen LogP) is 3.17. The third kappa shape index (κ3) is 5.93. The second-order valence-corrected chi connectivity index (χ2v) is 6.78. The van der Waals surface area contributed by atoms with Gasteiger partial charge in [-0.1, -0.05) is 13.8 Å². The Labute approximate surface area is 119 Å². The summed E-state index contributed by atoms with van der Waals surface area (Å²) in [6, 6.07) is 3.69. The molecule has 0 aromatic heterocycles. The highest BCUT2D eigenvalue weighted by atomic mass is 15.1. The molecule has 1 N–H and O–H groups in total. The summed E-state index contributed by atoms with van der Waals surface area (Å²) < 4.78 is 0. The molecule has 19 heavy (non-hydrogen) atoms. The molecule has 0 amide bonds. The van der Waals surface area contributed by atoms with E-state index in [1.807, 2.05) is 6.92 Å². The van der Waals surface area contributed by atoms with Crippen LogP contribution < -0.4 is 5.32 Å². The Balaban J connectivity index is 2.20. The van der Waals surface area contributed by atoms with Crippen molar-refractivity contribution in [3.8, 4) is 6.07 Å². The van der Waals surface area contributed by atoms with E-state index < -0.39 is 0 Å². The minimum atomic E-state index is -0.316. The number of rotatable bonds is 9. The van der Waals surface area contributed by atoms with Crippen LogP contribution in [-0.4, -0.2) is 36.1 Å². The number of hydrogen-bond acceptors (Lipinski definition) is 3. The first-order valence-corrected chi connectivity index (χ1v) is 7.77. The zero-order valence-corrected chi connectivity index (χ0v) is 13.4. The number of hydrogen-bond donors (Lipinski definition) is 1. The van der Waals surface area contributed by atoms with Gasteiger partial charge in [-0.25, -0.2) is 0 Å². The van der Waals surface area contributed by atoms with Gasteiger partial charge in [-0.05, 0) is 65.5 Å².